The third-order valence-corrected chi connectivity index (χ3v) is 5.03. The van der Waals surface area contributed by atoms with Gasteiger partial charge in [0.1, 0.15) is 17.6 Å². The van der Waals surface area contributed by atoms with Crippen LogP contribution in [0.4, 0.5) is 5.82 Å². The summed E-state index contributed by atoms with van der Waals surface area (Å²) in [5.41, 5.74) is 0.586. The molecule has 0 bridgehead atoms. The van der Waals surface area contributed by atoms with Gasteiger partial charge < -0.3 is 14.2 Å². The highest BCUT2D eigenvalue weighted by Gasteiger charge is 2.47. The monoisotopic (exact) mass is 336 g/mol. The van der Waals surface area contributed by atoms with Crippen molar-refractivity contribution in [3.63, 3.8) is 0 Å². The molecule has 1 amide bonds. The molecular formula is C19H20N4O2. The number of nitrogens with zero attached hydrogens (tertiary/aromatic N) is 4. The molecule has 2 aromatic rings. The molecule has 0 radical (unpaired) electrons. The summed E-state index contributed by atoms with van der Waals surface area (Å²) >= 11 is 0. The summed E-state index contributed by atoms with van der Waals surface area (Å²) in [5, 5.41) is 9.27. The van der Waals surface area contributed by atoms with Crippen molar-refractivity contribution in [2.45, 2.75) is 18.8 Å². The summed E-state index contributed by atoms with van der Waals surface area (Å²) in [6, 6.07) is 9.59. The van der Waals surface area contributed by atoms with Crippen molar-refractivity contribution >= 4 is 11.7 Å². The first-order valence-corrected chi connectivity index (χ1v) is 8.70. The molecule has 1 aliphatic carbocycles. The van der Waals surface area contributed by atoms with Crippen LogP contribution in [0.25, 0.3) is 0 Å². The summed E-state index contributed by atoms with van der Waals surface area (Å²) in [6.45, 7) is 2.93. The summed E-state index contributed by atoms with van der Waals surface area (Å²) in [4.78, 5) is 21.2. The van der Waals surface area contributed by atoms with Gasteiger partial charge >= 0.3 is 0 Å². The highest BCUT2D eigenvalue weighted by Crippen LogP contribution is 2.48. The lowest BCUT2D eigenvalue weighted by Crippen LogP contribution is -2.36. The minimum atomic E-state index is 0.0576. The maximum Gasteiger partial charge on any atom is 0.226 e. The molecule has 2 aliphatic rings. The molecule has 4 rings (SSSR count). The van der Waals surface area contributed by atoms with Crippen molar-refractivity contribution < 1.29 is 9.21 Å². The van der Waals surface area contributed by atoms with Crippen molar-refractivity contribution in [2.75, 3.05) is 31.1 Å². The van der Waals surface area contributed by atoms with E-state index in [-0.39, 0.29) is 17.7 Å². The second-order valence-electron chi connectivity index (χ2n) is 6.62. The van der Waals surface area contributed by atoms with Gasteiger partial charge in [0.25, 0.3) is 0 Å². The van der Waals surface area contributed by atoms with Crippen molar-refractivity contribution in [3.8, 4) is 6.07 Å². The normalized spacial score (nSPS) is 23.0. The van der Waals surface area contributed by atoms with Crippen LogP contribution in [0.5, 0.6) is 0 Å². The second kappa shape index (κ2) is 6.60. The van der Waals surface area contributed by atoms with Gasteiger partial charge in [-0.15, -0.1) is 0 Å². The largest absolute Gasteiger partial charge is 0.469 e. The number of hydrogen-bond donors (Lipinski definition) is 0. The lowest BCUT2D eigenvalue weighted by atomic mass is 10.2. The minimum absolute atomic E-state index is 0.0576. The van der Waals surface area contributed by atoms with Crippen molar-refractivity contribution in [2.24, 2.45) is 5.92 Å². The van der Waals surface area contributed by atoms with Crippen molar-refractivity contribution in [1.29, 1.82) is 5.26 Å². The molecule has 2 atom stereocenters. The standard InChI is InChI=1S/C19H20N4O2/c20-13-14-4-1-6-21-18(14)22-7-3-8-23(10-9-22)19(24)16-12-15(16)17-5-2-11-25-17/h1-2,4-6,11,15-16H,3,7-10,12H2/t15-,16+/m1/s1. The van der Waals surface area contributed by atoms with Crippen LogP contribution in [-0.4, -0.2) is 42.0 Å². The molecule has 2 fully saturated rings. The molecule has 6 heteroatoms. The minimum Gasteiger partial charge on any atom is -0.469 e. The Morgan fingerprint density at radius 1 is 1.24 bits per heavy atom. The van der Waals surface area contributed by atoms with E-state index in [9.17, 15) is 10.1 Å². The Labute approximate surface area is 146 Å². The number of carbonyl (C=O) groups is 1. The van der Waals surface area contributed by atoms with Gasteiger partial charge in [-0.1, -0.05) is 0 Å². The summed E-state index contributed by atoms with van der Waals surface area (Å²) in [5.74, 6) is 2.16. The fraction of sp³-hybridized carbons (Fsp3) is 0.421. The van der Waals surface area contributed by atoms with E-state index in [1.54, 1.807) is 24.6 Å². The molecule has 25 heavy (non-hydrogen) atoms. The molecule has 1 aliphatic heterocycles. The van der Waals surface area contributed by atoms with E-state index in [0.29, 0.717) is 18.7 Å². The molecule has 1 saturated heterocycles. The Bertz CT molecular complexity index is 796. The Hall–Kier alpha value is -2.81. The lowest BCUT2D eigenvalue weighted by molar-refractivity contribution is -0.132. The van der Waals surface area contributed by atoms with Crippen LogP contribution in [0.2, 0.25) is 0 Å². The van der Waals surface area contributed by atoms with E-state index in [1.807, 2.05) is 17.0 Å². The maximum atomic E-state index is 12.8. The SMILES string of the molecule is N#Cc1cccnc1N1CCCN(C(=O)[C@H]2C[C@H]2c2ccco2)CC1. The molecule has 0 spiro atoms. The number of anilines is 1. The number of pyridine rings is 1. The van der Waals surface area contributed by atoms with Crippen molar-refractivity contribution in [1.82, 2.24) is 9.88 Å². The van der Waals surface area contributed by atoms with Crippen LogP contribution in [0.1, 0.15) is 30.1 Å². The zero-order valence-electron chi connectivity index (χ0n) is 14.0. The quantitative estimate of drug-likeness (QED) is 0.860. The van der Waals surface area contributed by atoms with Crippen LogP contribution in [0, 0.1) is 17.2 Å². The highest BCUT2D eigenvalue weighted by molar-refractivity contribution is 5.83. The third kappa shape index (κ3) is 3.10. The molecule has 2 aromatic heterocycles. The molecule has 0 aromatic carbocycles. The van der Waals surface area contributed by atoms with E-state index >= 15 is 0 Å². The van der Waals surface area contributed by atoms with E-state index in [2.05, 4.69) is 16.0 Å². The maximum absolute atomic E-state index is 12.8. The predicted octanol–water partition coefficient (Wildman–Crippen LogP) is 2.39. The number of rotatable bonds is 3. The average Bonchev–Trinajstić information content (AvgIpc) is 3.34. The number of nitriles is 1. The smallest absolute Gasteiger partial charge is 0.226 e. The van der Waals surface area contributed by atoms with Gasteiger partial charge in [-0.05, 0) is 37.1 Å². The average molecular weight is 336 g/mol. The molecule has 3 heterocycles. The van der Waals surface area contributed by atoms with E-state index in [0.717, 1.165) is 37.5 Å². The zero-order chi connectivity index (χ0) is 17.2. The highest BCUT2D eigenvalue weighted by atomic mass is 16.3. The van der Waals surface area contributed by atoms with Crippen LogP contribution in [0.3, 0.4) is 0 Å². The first-order chi connectivity index (χ1) is 12.3. The molecule has 0 unspecified atom stereocenters. The van der Waals surface area contributed by atoms with Crippen LogP contribution in [0.15, 0.2) is 41.1 Å². The number of amides is 1. The van der Waals surface area contributed by atoms with Crippen molar-refractivity contribution in [3.05, 3.63) is 48.0 Å². The summed E-state index contributed by atoms with van der Waals surface area (Å²) < 4.78 is 5.43. The number of furan rings is 1. The molecule has 1 saturated carbocycles. The fourth-order valence-electron chi connectivity index (χ4n) is 3.61. The molecular weight excluding hydrogens is 316 g/mol. The Morgan fingerprint density at radius 2 is 2.16 bits per heavy atom. The van der Waals surface area contributed by atoms with E-state index in [1.165, 1.54) is 0 Å². The topological polar surface area (TPSA) is 73.4 Å². The number of carbonyl (C=O) groups excluding carboxylic acids is 1. The first-order valence-electron chi connectivity index (χ1n) is 8.70. The van der Waals surface area contributed by atoms with E-state index in [4.69, 9.17) is 4.42 Å². The summed E-state index contributed by atoms with van der Waals surface area (Å²) in [6.07, 6.45) is 5.14. The second-order valence-corrected chi connectivity index (χ2v) is 6.62. The molecule has 128 valence electrons. The Kier molecular flexibility index (Phi) is 4.14. The lowest BCUT2D eigenvalue weighted by Gasteiger charge is -2.23. The summed E-state index contributed by atoms with van der Waals surface area (Å²) in [7, 11) is 0. The van der Waals surface area contributed by atoms with Gasteiger partial charge in [0.15, 0.2) is 0 Å². The van der Waals surface area contributed by atoms with Crippen LogP contribution in [-0.2, 0) is 4.79 Å². The predicted molar refractivity (Wildman–Crippen MR) is 91.9 cm³/mol. The van der Waals surface area contributed by atoms with E-state index < -0.39 is 0 Å². The number of hydrogen-bond acceptors (Lipinski definition) is 5. The Balaban J connectivity index is 1.40. The first kappa shape index (κ1) is 15.7. The zero-order valence-corrected chi connectivity index (χ0v) is 14.0. The van der Waals surface area contributed by atoms with Crippen LogP contribution >= 0.6 is 0 Å². The fourth-order valence-corrected chi connectivity index (χ4v) is 3.61. The molecule has 0 N–H and O–H groups in total. The molecule has 6 nitrogen and oxygen atoms in total. The van der Waals surface area contributed by atoms with Gasteiger partial charge in [0, 0.05) is 44.2 Å². The van der Waals surface area contributed by atoms with Gasteiger partial charge in [0.2, 0.25) is 5.91 Å². The Morgan fingerprint density at radius 3 is 2.96 bits per heavy atom. The number of aromatic nitrogens is 1. The van der Waals surface area contributed by atoms with Crippen LogP contribution < -0.4 is 4.90 Å². The van der Waals surface area contributed by atoms with Gasteiger partial charge in [-0.3, -0.25) is 4.79 Å². The van der Waals surface area contributed by atoms with Gasteiger partial charge in [-0.25, -0.2) is 4.98 Å². The van der Waals surface area contributed by atoms with Gasteiger partial charge in [0.05, 0.1) is 11.8 Å². The van der Waals surface area contributed by atoms with Gasteiger partial charge in [-0.2, -0.15) is 5.26 Å². The third-order valence-electron chi connectivity index (χ3n) is 5.03.